The number of nitrogens with one attached hydrogen (secondary N) is 2. The summed E-state index contributed by atoms with van der Waals surface area (Å²) in [7, 11) is 0. The van der Waals surface area contributed by atoms with Gasteiger partial charge in [-0.15, -0.1) is 11.8 Å². The standard InChI is InChI=1S/C26H28N2O2S/c1-5-27-21-13-23-19(11-15(21)3)26(18-10-8-7-9-17(18)25(29)31-26)20-12-16(4)22(28-6-2)14-24(20)30-23/h7-14,25,27-29H,5-6H2,1-4H3. The summed E-state index contributed by atoms with van der Waals surface area (Å²) >= 11 is 1.59. The molecule has 0 amide bonds. The number of hydrogen-bond donors (Lipinski definition) is 3. The first-order valence-electron chi connectivity index (χ1n) is 10.9. The summed E-state index contributed by atoms with van der Waals surface area (Å²) in [6.07, 6.45) is 0. The molecule has 1 atom stereocenters. The first kappa shape index (κ1) is 20.3. The Hall–Kier alpha value is -2.63. The molecule has 0 fully saturated rings. The smallest absolute Gasteiger partial charge is 0.134 e. The number of aliphatic hydroxyl groups is 1. The van der Waals surface area contributed by atoms with E-state index >= 15 is 0 Å². The highest BCUT2D eigenvalue weighted by molar-refractivity contribution is 8.01. The molecule has 3 aromatic carbocycles. The Bertz CT molecular complexity index is 1110. The molecule has 1 spiro atoms. The Morgan fingerprint density at radius 1 is 0.871 bits per heavy atom. The minimum absolute atomic E-state index is 0.510. The molecule has 160 valence electrons. The van der Waals surface area contributed by atoms with Crippen molar-refractivity contribution >= 4 is 23.1 Å². The minimum Gasteiger partial charge on any atom is -0.456 e. The molecule has 2 aliphatic heterocycles. The lowest BCUT2D eigenvalue weighted by molar-refractivity contribution is 0.272. The van der Waals surface area contributed by atoms with E-state index in [4.69, 9.17) is 4.74 Å². The van der Waals surface area contributed by atoms with Gasteiger partial charge in [-0.1, -0.05) is 24.3 Å². The van der Waals surface area contributed by atoms with E-state index in [0.29, 0.717) is 0 Å². The van der Waals surface area contributed by atoms with Gasteiger partial charge in [-0.2, -0.15) is 0 Å². The average molecular weight is 433 g/mol. The van der Waals surface area contributed by atoms with E-state index in [1.54, 1.807) is 11.8 Å². The van der Waals surface area contributed by atoms with Crippen LogP contribution in [0.4, 0.5) is 11.4 Å². The number of thioether (sulfide) groups is 1. The van der Waals surface area contributed by atoms with Crippen molar-refractivity contribution in [1.82, 2.24) is 0 Å². The number of aryl methyl sites for hydroxylation is 2. The maximum Gasteiger partial charge on any atom is 0.134 e. The van der Waals surface area contributed by atoms with Gasteiger partial charge in [0.25, 0.3) is 0 Å². The highest BCUT2D eigenvalue weighted by atomic mass is 32.2. The van der Waals surface area contributed by atoms with E-state index in [2.05, 4.69) is 74.7 Å². The molecule has 31 heavy (non-hydrogen) atoms. The van der Waals surface area contributed by atoms with Crippen LogP contribution in [0.1, 0.15) is 52.7 Å². The first-order chi connectivity index (χ1) is 15.0. The fraction of sp³-hybridized carbons (Fsp3) is 0.308. The molecule has 3 N–H and O–H groups in total. The molecule has 3 aromatic rings. The molecule has 2 heterocycles. The zero-order valence-corrected chi connectivity index (χ0v) is 19.2. The topological polar surface area (TPSA) is 53.5 Å². The molecular weight excluding hydrogens is 404 g/mol. The van der Waals surface area contributed by atoms with Crippen molar-refractivity contribution in [3.8, 4) is 11.5 Å². The lowest BCUT2D eigenvalue weighted by Crippen LogP contribution is -2.28. The lowest BCUT2D eigenvalue weighted by Gasteiger charge is -2.38. The minimum atomic E-state index is -0.586. The Balaban J connectivity index is 1.83. The number of ether oxygens (including phenoxy) is 1. The third-order valence-corrected chi connectivity index (χ3v) is 7.75. The van der Waals surface area contributed by atoms with E-state index in [1.807, 2.05) is 12.1 Å². The number of rotatable bonds is 4. The van der Waals surface area contributed by atoms with Gasteiger partial charge in [0.2, 0.25) is 0 Å². The second-order valence-electron chi connectivity index (χ2n) is 8.23. The molecule has 0 bridgehead atoms. The van der Waals surface area contributed by atoms with E-state index < -0.39 is 10.2 Å². The normalized spacial score (nSPS) is 17.5. The molecule has 1 unspecified atom stereocenters. The van der Waals surface area contributed by atoms with Crippen LogP contribution in [-0.2, 0) is 4.75 Å². The fourth-order valence-corrected chi connectivity index (χ4v) is 6.42. The fourth-order valence-electron chi connectivity index (χ4n) is 4.87. The molecule has 0 aliphatic carbocycles. The highest BCUT2D eigenvalue weighted by Crippen LogP contribution is 2.66. The van der Waals surface area contributed by atoms with E-state index in [0.717, 1.165) is 58.2 Å². The van der Waals surface area contributed by atoms with Crippen LogP contribution in [0.3, 0.4) is 0 Å². The van der Waals surface area contributed by atoms with Crippen molar-refractivity contribution in [2.45, 2.75) is 37.9 Å². The van der Waals surface area contributed by atoms with Crippen molar-refractivity contribution < 1.29 is 9.84 Å². The molecule has 0 saturated carbocycles. The van der Waals surface area contributed by atoms with Crippen LogP contribution in [0.2, 0.25) is 0 Å². The molecule has 2 aliphatic rings. The van der Waals surface area contributed by atoms with Crippen LogP contribution in [0, 0.1) is 13.8 Å². The van der Waals surface area contributed by atoms with Gasteiger partial charge in [0.15, 0.2) is 0 Å². The number of fused-ring (bicyclic) bond motifs is 6. The number of anilines is 2. The van der Waals surface area contributed by atoms with Crippen molar-refractivity contribution in [3.63, 3.8) is 0 Å². The summed E-state index contributed by atoms with van der Waals surface area (Å²) in [6, 6.07) is 16.9. The molecule has 0 saturated heterocycles. The predicted octanol–water partition coefficient (Wildman–Crippen LogP) is 6.30. The predicted molar refractivity (Wildman–Crippen MR) is 130 cm³/mol. The van der Waals surface area contributed by atoms with E-state index in [-0.39, 0.29) is 0 Å². The van der Waals surface area contributed by atoms with Gasteiger partial charge >= 0.3 is 0 Å². The summed E-state index contributed by atoms with van der Waals surface area (Å²) in [5, 5.41) is 18.0. The molecule has 0 aromatic heterocycles. The second kappa shape index (κ2) is 7.50. The quantitative estimate of drug-likeness (QED) is 0.451. The van der Waals surface area contributed by atoms with Crippen molar-refractivity contribution in [1.29, 1.82) is 0 Å². The van der Waals surface area contributed by atoms with Crippen LogP contribution in [0.25, 0.3) is 0 Å². The van der Waals surface area contributed by atoms with Crippen molar-refractivity contribution in [2.75, 3.05) is 23.7 Å². The molecule has 5 rings (SSSR count). The van der Waals surface area contributed by atoms with Gasteiger partial charge in [-0.25, -0.2) is 0 Å². The highest BCUT2D eigenvalue weighted by Gasteiger charge is 2.52. The maximum atomic E-state index is 11.1. The third-order valence-electron chi connectivity index (χ3n) is 6.26. The van der Waals surface area contributed by atoms with Gasteiger partial charge in [0.1, 0.15) is 21.7 Å². The van der Waals surface area contributed by atoms with E-state index in [9.17, 15) is 5.11 Å². The Labute approximate surface area is 188 Å². The van der Waals surface area contributed by atoms with E-state index in [1.165, 1.54) is 11.1 Å². The van der Waals surface area contributed by atoms with Crippen LogP contribution < -0.4 is 15.4 Å². The first-order valence-corrected chi connectivity index (χ1v) is 11.8. The maximum absolute atomic E-state index is 11.1. The van der Waals surface area contributed by atoms with Gasteiger partial charge in [0.05, 0.1) is 0 Å². The monoisotopic (exact) mass is 432 g/mol. The number of aliphatic hydroxyl groups excluding tert-OH is 1. The summed E-state index contributed by atoms with van der Waals surface area (Å²) in [4.78, 5) is 0. The number of hydrogen-bond acceptors (Lipinski definition) is 5. The Morgan fingerprint density at radius 3 is 1.97 bits per heavy atom. The van der Waals surface area contributed by atoms with Gasteiger partial charge in [-0.05, 0) is 62.1 Å². The summed E-state index contributed by atoms with van der Waals surface area (Å²) in [6.45, 7) is 10.2. The van der Waals surface area contributed by atoms with Gasteiger partial charge in [0, 0.05) is 47.7 Å². The Morgan fingerprint density at radius 2 is 1.42 bits per heavy atom. The van der Waals surface area contributed by atoms with Crippen LogP contribution >= 0.6 is 11.8 Å². The molecule has 4 nitrogen and oxygen atoms in total. The molecule has 5 heteroatoms. The lowest BCUT2D eigenvalue weighted by atomic mass is 9.78. The van der Waals surface area contributed by atoms with Crippen molar-refractivity contribution in [2.24, 2.45) is 0 Å². The SMILES string of the molecule is CCNc1cc2c(cc1C)C1(SC(O)c3ccccc31)c1cc(C)c(NCC)cc1O2. The third kappa shape index (κ3) is 2.94. The zero-order valence-electron chi connectivity index (χ0n) is 18.4. The van der Waals surface area contributed by atoms with Crippen molar-refractivity contribution in [3.05, 3.63) is 81.9 Å². The van der Waals surface area contributed by atoms with Crippen LogP contribution in [0.5, 0.6) is 11.5 Å². The zero-order chi connectivity index (χ0) is 21.8. The summed E-state index contributed by atoms with van der Waals surface area (Å²) < 4.78 is 6.01. The van der Waals surface area contributed by atoms with Crippen LogP contribution in [-0.4, -0.2) is 18.2 Å². The molecule has 0 radical (unpaired) electrons. The van der Waals surface area contributed by atoms with Gasteiger partial charge in [-0.3, -0.25) is 0 Å². The molecular formula is C26H28N2O2S. The summed E-state index contributed by atoms with van der Waals surface area (Å²) in [5.41, 5.74) is 8.24. The van der Waals surface area contributed by atoms with Crippen LogP contribution in [0.15, 0.2) is 48.5 Å². The number of benzene rings is 3. The van der Waals surface area contributed by atoms with Gasteiger partial charge < -0.3 is 20.5 Å². The summed E-state index contributed by atoms with van der Waals surface area (Å²) in [5.74, 6) is 1.69. The average Bonchev–Trinajstić information content (AvgIpc) is 3.05. The largest absolute Gasteiger partial charge is 0.456 e. The Kier molecular flexibility index (Phi) is 4.91. The second-order valence-corrected chi connectivity index (χ2v) is 9.52.